The molecule has 0 aliphatic carbocycles. The largest absolute Gasteiger partial charge is 0.468 e. The molecule has 0 saturated heterocycles. The number of ether oxygens (including phenoxy) is 1. The summed E-state index contributed by atoms with van der Waals surface area (Å²) in [7, 11) is 1.42. The van der Waals surface area contributed by atoms with Gasteiger partial charge in [0.1, 0.15) is 6.04 Å². The topological polar surface area (TPSA) is 38.3 Å². The zero-order chi connectivity index (χ0) is 10.8. The molecule has 0 aromatic carbocycles. The highest BCUT2D eigenvalue weighted by Crippen LogP contribution is 2.04. The first-order valence-corrected chi connectivity index (χ1v) is 6.06. The average Bonchev–Trinajstić information content (AvgIpc) is 2.22. The van der Waals surface area contributed by atoms with Crippen molar-refractivity contribution in [3.05, 3.63) is 12.7 Å². The predicted octanol–water partition coefficient (Wildman–Crippen LogP) is 1.45. The van der Waals surface area contributed by atoms with E-state index in [0.29, 0.717) is 6.54 Å². The Hall–Kier alpha value is -0.480. The van der Waals surface area contributed by atoms with Gasteiger partial charge in [0.2, 0.25) is 0 Å². The monoisotopic (exact) mass is 217 g/mol. The van der Waals surface area contributed by atoms with Gasteiger partial charge >= 0.3 is 5.97 Å². The fourth-order valence-corrected chi connectivity index (χ4v) is 1.56. The molecule has 3 nitrogen and oxygen atoms in total. The lowest BCUT2D eigenvalue weighted by Crippen LogP contribution is -2.37. The normalized spacial score (nSPS) is 12.1. The lowest BCUT2D eigenvalue weighted by Gasteiger charge is -2.14. The summed E-state index contributed by atoms with van der Waals surface area (Å²) in [6, 6.07) is -0.190. The Morgan fingerprint density at radius 3 is 2.93 bits per heavy atom. The Balaban J connectivity index is 3.83. The van der Waals surface area contributed by atoms with Crippen molar-refractivity contribution in [3.8, 4) is 0 Å². The van der Waals surface area contributed by atoms with Crippen LogP contribution < -0.4 is 5.32 Å². The quantitative estimate of drug-likeness (QED) is 0.379. The highest BCUT2D eigenvalue weighted by molar-refractivity contribution is 7.98. The van der Waals surface area contributed by atoms with E-state index in [1.54, 1.807) is 17.8 Å². The highest BCUT2D eigenvalue weighted by atomic mass is 32.2. The molecule has 0 aromatic rings. The minimum Gasteiger partial charge on any atom is -0.468 e. The van der Waals surface area contributed by atoms with Gasteiger partial charge in [0.15, 0.2) is 0 Å². The average molecular weight is 217 g/mol. The van der Waals surface area contributed by atoms with Crippen LogP contribution in [0.3, 0.4) is 0 Å². The molecule has 0 amide bonds. The van der Waals surface area contributed by atoms with Crippen LogP contribution in [0.25, 0.3) is 0 Å². The Morgan fingerprint density at radius 1 is 1.71 bits per heavy atom. The van der Waals surface area contributed by atoms with Gasteiger partial charge in [-0.1, -0.05) is 6.08 Å². The van der Waals surface area contributed by atoms with Gasteiger partial charge < -0.3 is 10.1 Å². The Kier molecular flexibility index (Phi) is 8.78. The fraction of sp³-hybridized carbons (Fsp3) is 0.700. The number of rotatable bonds is 8. The van der Waals surface area contributed by atoms with E-state index in [1.165, 1.54) is 7.11 Å². The van der Waals surface area contributed by atoms with Crippen molar-refractivity contribution < 1.29 is 9.53 Å². The van der Waals surface area contributed by atoms with Crippen molar-refractivity contribution in [3.63, 3.8) is 0 Å². The number of carbonyl (C=O) groups is 1. The molecular formula is C10H19NO2S. The van der Waals surface area contributed by atoms with Crippen LogP contribution in [0.15, 0.2) is 12.7 Å². The van der Waals surface area contributed by atoms with Crippen LogP contribution in [0.1, 0.15) is 12.8 Å². The SMILES string of the molecule is C=CCNC(CCCSC)C(=O)OC. The molecule has 0 rings (SSSR count). The number of hydrogen-bond donors (Lipinski definition) is 1. The molecule has 0 aromatic heterocycles. The van der Waals surface area contributed by atoms with Crippen LogP contribution in [-0.2, 0) is 9.53 Å². The van der Waals surface area contributed by atoms with E-state index >= 15 is 0 Å². The van der Waals surface area contributed by atoms with Crippen molar-refractivity contribution in [1.29, 1.82) is 0 Å². The smallest absolute Gasteiger partial charge is 0.322 e. The maximum atomic E-state index is 11.3. The number of thioether (sulfide) groups is 1. The minimum atomic E-state index is -0.190. The second-order valence-corrected chi connectivity index (χ2v) is 3.89. The first-order valence-electron chi connectivity index (χ1n) is 4.67. The molecule has 1 unspecified atom stereocenters. The molecule has 14 heavy (non-hydrogen) atoms. The number of esters is 1. The molecule has 0 saturated carbocycles. The molecule has 82 valence electrons. The maximum Gasteiger partial charge on any atom is 0.322 e. The van der Waals surface area contributed by atoms with Crippen LogP contribution in [0.2, 0.25) is 0 Å². The van der Waals surface area contributed by atoms with Crippen molar-refractivity contribution >= 4 is 17.7 Å². The van der Waals surface area contributed by atoms with Crippen LogP contribution in [0.5, 0.6) is 0 Å². The van der Waals surface area contributed by atoms with E-state index in [9.17, 15) is 4.79 Å². The van der Waals surface area contributed by atoms with Gasteiger partial charge in [0.05, 0.1) is 7.11 Å². The standard InChI is InChI=1S/C10H19NO2S/c1-4-7-11-9(10(12)13-2)6-5-8-14-3/h4,9,11H,1,5-8H2,2-3H3. The molecule has 0 fully saturated rings. The molecule has 4 heteroatoms. The minimum absolute atomic E-state index is 0.187. The summed E-state index contributed by atoms with van der Waals surface area (Å²) in [4.78, 5) is 11.3. The fourth-order valence-electron chi connectivity index (χ4n) is 1.10. The molecular weight excluding hydrogens is 198 g/mol. The molecule has 0 bridgehead atoms. The van der Waals surface area contributed by atoms with Crippen LogP contribution in [-0.4, -0.2) is 37.7 Å². The molecule has 0 aliphatic heterocycles. The van der Waals surface area contributed by atoms with E-state index < -0.39 is 0 Å². The second kappa shape index (κ2) is 9.09. The highest BCUT2D eigenvalue weighted by Gasteiger charge is 2.16. The lowest BCUT2D eigenvalue weighted by atomic mass is 10.1. The molecule has 0 heterocycles. The number of nitrogens with one attached hydrogen (secondary N) is 1. The van der Waals surface area contributed by atoms with Gasteiger partial charge in [-0.15, -0.1) is 6.58 Å². The van der Waals surface area contributed by atoms with Gasteiger partial charge in [-0.05, 0) is 24.9 Å². The molecule has 0 aliphatic rings. The van der Waals surface area contributed by atoms with Crippen molar-refractivity contribution in [2.75, 3.05) is 25.7 Å². The van der Waals surface area contributed by atoms with Gasteiger partial charge in [-0.25, -0.2) is 0 Å². The van der Waals surface area contributed by atoms with Crippen molar-refractivity contribution in [2.24, 2.45) is 0 Å². The summed E-state index contributed by atoms with van der Waals surface area (Å²) in [5, 5.41) is 3.08. The van der Waals surface area contributed by atoms with Crippen molar-refractivity contribution in [1.82, 2.24) is 5.32 Å². The van der Waals surface area contributed by atoms with Crippen LogP contribution >= 0.6 is 11.8 Å². The van der Waals surface area contributed by atoms with Gasteiger partial charge in [-0.2, -0.15) is 11.8 Å². The second-order valence-electron chi connectivity index (χ2n) is 2.91. The van der Waals surface area contributed by atoms with E-state index in [4.69, 9.17) is 4.74 Å². The maximum absolute atomic E-state index is 11.3. The van der Waals surface area contributed by atoms with Crippen LogP contribution in [0.4, 0.5) is 0 Å². The van der Waals surface area contributed by atoms with Gasteiger partial charge in [0.25, 0.3) is 0 Å². The summed E-state index contributed by atoms with van der Waals surface area (Å²) >= 11 is 1.79. The summed E-state index contributed by atoms with van der Waals surface area (Å²) in [5.41, 5.74) is 0. The summed E-state index contributed by atoms with van der Waals surface area (Å²) in [6.07, 6.45) is 5.64. The molecule has 1 atom stereocenters. The van der Waals surface area contributed by atoms with E-state index in [2.05, 4.69) is 18.2 Å². The number of carbonyl (C=O) groups excluding carboxylic acids is 1. The van der Waals surface area contributed by atoms with E-state index in [-0.39, 0.29) is 12.0 Å². The third-order valence-corrected chi connectivity index (χ3v) is 2.53. The zero-order valence-electron chi connectivity index (χ0n) is 8.91. The van der Waals surface area contributed by atoms with E-state index in [1.807, 2.05) is 0 Å². The predicted molar refractivity (Wildman–Crippen MR) is 61.6 cm³/mol. The summed E-state index contributed by atoms with van der Waals surface area (Å²) in [6.45, 7) is 4.23. The van der Waals surface area contributed by atoms with Gasteiger partial charge in [0, 0.05) is 6.54 Å². The van der Waals surface area contributed by atoms with Gasteiger partial charge in [-0.3, -0.25) is 4.79 Å². The molecule has 0 radical (unpaired) electrons. The molecule has 1 N–H and O–H groups in total. The van der Waals surface area contributed by atoms with Crippen LogP contribution in [0, 0.1) is 0 Å². The lowest BCUT2D eigenvalue weighted by molar-refractivity contribution is -0.143. The first-order chi connectivity index (χ1) is 6.76. The number of methoxy groups -OCH3 is 1. The third-order valence-electron chi connectivity index (χ3n) is 1.84. The molecule has 0 spiro atoms. The Labute approximate surface area is 90.3 Å². The number of hydrogen-bond acceptors (Lipinski definition) is 4. The van der Waals surface area contributed by atoms with Crippen molar-refractivity contribution in [2.45, 2.75) is 18.9 Å². The Bertz CT molecular complexity index is 174. The zero-order valence-corrected chi connectivity index (χ0v) is 9.73. The first kappa shape index (κ1) is 13.5. The van der Waals surface area contributed by atoms with E-state index in [0.717, 1.165) is 18.6 Å². The third kappa shape index (κ3) is 6.05. The summed E-state index contributed by atoms with van der Waals surface area (Å²) < 4.78 is 4.70. The summed E-state index contributed by atoms with van der Waals surface area (Å²) in [5.74, 6) is 0.886. The Morgan fingerprint density at radius 2 is 2.43 bits per heavy atom.